The molecular formula is C20H19N5OS. The van der Waals surface area contributed by atoms with Crippen LogP contribution in [0, 0.1) is 33.1 Å². The minimum atomic E-state index is -0.402. The predicted molar refractivity (Wildman–Crippen MR) is 111 cm³/mol. The van der Waals surface area contributed by atoms with E-state index >= 15 is 0 Å². The fraction of sp³-hybridized carbons (Fsp3) is 0.200. The molecule has 136 valence electrons. The van der Waals surface area contributed by atoms with E-state index in [1.54, 1.807) is 11.6 Å². The Morgan fingerprint density at radius 2 is 1.85 bits per heavy atom. The first-order chi connectivity index (χ1) is 12.9. The van der Waals surface area contributed by atoms with Crippen molar-refractivity contribution in [2.24, 2.45) is 10.1 Å². The summed E-state index contributed by atoms with van der Waals surface area (Å²) in [4.78, 5) is 16.5. The van der Waals surface area contributed by atoms with Crippen LogP contribution in [-0.2, 0) is 4.79 Å². The summed E-state index contributed by atoms with van der Waals surface area (Å²) in [6, 6.07) is 8.28. The zero-order chi connectivity index (χ0) is 19.3. The number of aryl methyl sites for hydroxylation is 3. The second-order valence-corrected chi connectivity index (χ2v) is 7.47. The van der Waals surface area contributed by atoms with Gasteiger partial charge in [0.05, 0.1) is 16.8 Å². The van der Waals surface area contributed by atoms with Gasteiger partial charge < -0.3 is 4.57 Å². The molecule has 0 unspecified atom stereocenters. The van der Waals surface area contributed by atoms with Crippen LogP contribution in [0.1, 0.15) is 28.1 Å². The lowest BCUT2D eigenvalue weighted by molar-refractivity contribution is -0.114. The number of amides is 1. The van der Waals surface area contributed by atoms with Gasteiger partial charge in [-0.3, -0.25) is 10.2 Å². The number of rotatable bonds is 2. The zero-order valence-corrected chi connectivity index (χ0v) is 16.4. The number of hydrazone groups is 1. The van der Waals surface area contributed by atoms with Gasteiger partial charge in [-0.1, -0.05) is 18.2 Å². The molecule has 0 fully saturated rings. The molecule has 1 aromatic carbocycles. The number of carbonyl (C=O) groups is 1. The van der Waals surface area contributed by atoms with Gasteiger partial charge in [0, 0.05) is 11.4 Å². The van der Waals surface area contributed by atoms with Crippen molar-refractivity contribution in [2.75, 3.05) is 0 Å². The Hall–Kier alpha value is -2.93. The third kappa shape index (κ3) is 2.75. The van der Waals surface area contributed by atoms with Gasteiger partial charge in [-0.25, -0.2) is 0 Å². The zero-order valence-electron chi connectivity index (χ0n) is 15.6. The predicted octanol–water partition coefficient (Wildman–Crippen LogP) is 3.96. The van der Waals surface area contributed by atoms with Crippen molar-refractivity contribution in [2.45, 2.75) is 27.7 Å². The normalized spacial score (nSPS) is 17.7. The van der Waals surface area contributed by atoms with Crippen LogP contribution in [0.2, 0.25) is 0 Å². The van der Waals surface area contributed by atoms with Crippen LogP contribution in [0.3, 0.4) is 0 Å². The van der Waals surface area contributed by atoms with Gasteiger partial charge in [-0.15, -0.1) is 0 Å². The number of thioether (sulfide) groups is 1. The highest BCUT2D eigenvalue weighted by molar-refractivity contribution is 8.25. The fourth-order valence-electron chi connectivity index (χ4n) is 3.53. The van der Waals surface area contributed by atoms with E-state index in [9.17, 15) is 4.79 Å². The lowest BCUT2D eigenvalue weighted by atomic mass is 10.1. The van der Waals surface area contributed by atoms with Gasteiger partial charge >= 0.3 is 0 Å². The highest BCUT2D eigenvalue weighted by atomic mass is 32.2. The summed E-state index contributed by atoms with van der Waals surface area (Å²) in [6.45, 7) is 8.27. The second kappa shape index (κ2) is 6.35. The van der Waals surface area contributed by atoms with Crippen molar-refractivity contribution < 1.29 is 4.79 Å². The number of aliphatic imine (C=N–C) groups is 1. The average Bonchev–Trinajstić information content (AvgIpc) is 3.18. The van der Waals surface area contributed by atoms with Gasteiger partial charge in [0.25, 0.3) is 5.91 Å². The Bertz CT molecular complexity index is 1070. The summed E-state index contributed by atoms with van der Waals surface area (Å²) in [5.74, 6) is -0.343. The second-order valence-electron chi connectivity index (χ2n) is 6.66. The highest BCUT2D eigenvalue weighted by Crippen LogP contribution is 2.29. The van der Waals surface area contributed by atoms with E-state index in [0.717, 1.165) is 22.6 Å². The Balaban J connectivity index is 1.83. The van der Waals surface area contributed by atoms with Gasteiger partial charge in [0.1, 0.15) is 0 Å². The molecule has 2 aliphatic heterocycles. The summed E-state index contributed by atoms with van der Waals surface area (Å²) in [5.41, 5.74) is 8.36. The van der Waals surface area contributed by atoms with E-state index in [0.29, 0.717) is 5.17 Å². The molecule has 0 saturated carbocycles. The van der Waals surface area contributed by atoms with Crippen molar-refractivity contribution in [3.05, 3.63) is 57.9 Å². The summed E-state index contributed by atoms with van der Waals surface area (Å²) in [5, 5.41) is 14.3. The molecule has 1 N–H and O–H groups in total. The quantitative estimate of drug-likeness (QED) is 0.805. The van der Waals surface area contributed by atoms with Gasteiger partial charge in [-0.05, 0) is 68.3 Å². The number of hydrogen-bond donors (Lipinski definition) is 1. The molecule has 0 saturated heterocycles. The summed E-state index contributed by atoms with van der Waals surface area (Å²) in [6.07, 6.45) is 1.75. The van der Waals surface area contributed by atoms with E-state index < -0.39 is 5.91 Å². The molecular weight excluding hydrogens is 358 g/mol. The van der Waals surface area contributed by atoms with E-state index in [2.05, 4.69) is 46.7 Å². The first-order valence-electron chi connectivity index (χ1n) is 8.57. The Labute approximate surface area is 161 Å². The lowest BCUT2D eigenvalue weighted by Crippen LogP contribution is -2.35. The third-order valence-corrected chi connectivity index (χ3v) is 5.50. The molecule has 4 rings (SSSR count). The van der Waals surface area contributed by atoms with E-state index in [1.807, 2.05) is 19.9 Å². The molecule has 0 atom stereocenters. The molecule has 2 aliphatic rings. The van der Waals surface area contributed by atoms with Crippen molar-refractivity contribution in [3.63, 3.8) is 0 Å². The number of hydrogen-bond acceptors (Lipinski definition) is 4. The van der Waals surface area contributed by atoms with E-state index in [-0.39, 0.29) is 11.4 Å². The van der Waals surface area contributed by atoms with Crippen molar-refractivity contribution in [3.8, 4) is 5.69 Å². The average molecular weight is 377 g/mol. The first-order valence-corrected chi connectivity index (χ1v) is 9.45. The summed E-state index contributed by atoms with van der Waals surface area (Å²) in [7, 11) is 0. The van der Waals surface area contributed by atoms with E-state index in [4.69, 9.17) is 5.41 Å². The number of nitrogens with zero attached hydrogens (tertiary/aromatic N) is 4. The van der Waals surface area contributed by atoms with Crippen LogP contribution >= 0.6 is 11.8 Å². The van der Waals surface area contributed by atoms with Crippen LogP contribution in [0.25, 0.3) is 11.8 Å². The van der Waals surface area contributed by atoms with Crippen molar-refractivity contribution in [1.82, 2.24) is 9.58 Å². The SMILES string of the molecule is Cc1cccc(C)c1-n1c(C)cc(/C=C2/C(=N)N3N=CSC3=NC2=O)c1C. The van der Waals surface area contributed by atoms with Crippen LogP contribution in [0.4, 0.5) is 0 Å². The van der Waals surface area contributed by atoms with Crippen LogP contribution < -0.4 is 0 Å². The molecule has 0 bridgehead atoms. The van der Waals surface area contributed by atoms with Gasteiger partial charge in [0.15, 0.2) is 11.0 Å². The number of nitrogens with one attached hydrogen (secondary N) is 1. The molecule has 1 aromatic heterocycles. The molecule has 27 heavy (non-hydrogen) atoms. The fourth-order valence-corrected chi connectivity index (χ4v) is 4.14. The molecule has 3 heterocycles. The van der Waals surface area contributed by atoms with Crippen LogP contribution in [0.5, 0.6) is 0 Å². The molecule has 7 heteroatoms. The summed E-state index contributed by atoms with van der Waals surface area (Å²) < 4.78 is 2.20. The molecule has 0 spiro atoms. The smallest absolute Gasteiger partial charge is 0.283 e. The number of benzene rings is 1. The number of para-hydroxylation sites is 1. The molecule has 0 radical (unpaired) electrons. The van der Waals surface area contributed by atoms with Gasteiger partial charge in [-0.2, -0.15) is 15.1 Å². The monoisotopic (exact) mass is 377 g/mol. The number of carbonyl (C=O) groups excluding carboxylic acids is 1. The highest BCUT2D eigenvalue weighted by Gasteiger charge is 2.32. The molecule has 1 amide bonds. The summed E-state index contributed by atoms with van der Waals surface area (Å²) >= 11 is 1.24. The molecule has 0 aliphatic carbocycles. The largest absolute Gasteiger partial charge is 0.317 e. The minimum Gasteiger partial charge on any atom is -0.317 e. The van der Waals surface area contributed by atoms with Gasteiger partial charge in [0.2, 0.25) is 0 Å². The van der Waals surface area contributed by atoms with Crippen LogP contribution in [0.15, 0.2) is 39.9 Å². The number of aromatic nitrogens is 1. The maximum Gasteiger partial charge on any atom is 0.283 e. The standard InChI is InChI=1S/C20H19N5OS/c1-11-6-5-7-12(2)17(11)24-13(3)8-15(14(24)4)9-16-18(21)25-20(23-19(16)26)27-10-22-25/h5-10,21H,1-4H3/b16-9-,21-18?. The van der Waals surface area contributed by atoms with Crippen molar-refractivity contribution >= 4 is 40.3 Å². The Kier molecular flexibility index (Phi) is 4.11. The maximum absolute atomic E-state index is 12.4. The van der Waals surface area contributed by atoms with Crippen molar-refractivity contribution in [1.29, 1.82) is 5.41 Å². The first kappa shape index (κ1) is 17.5. The number of amidine groups is 2. The Morgan fingerprint density at radius 1 is 1.15 bits per heavy atom. The topological polar surface area (TPSA) is 73.8 Å². The van der Waals surface area contributed by atoms with Crippen LogP contribution in [-0.4, -0.2) is 32.0 Å². The molecule has 2 aromatic rings. The minimum absolute atomic E-state index is 0.0584. The molecule has 6 nitrogen and oxygen atoms in total. The Morgan fingerprint density at radius 3 is 2.56 bits per heavy atom. The number of fused-ring (bicyclic) bond motifs is 1. The third-order valence-electron chi connectivity index (χ3n) is 4.83. The maximum atomic E-state index is 12.4. The van der Waals surface area contributed by atoms with E-state index in [1.165, 1.54) is 27.9 Å². The lowest BCUT2D eigenvalue weighted by Gasteiger charge is -2.20.